The van der Waals surface area contributed by atoms with E-state index < -0.39 is 0 Å². The van der Waals surface area contributed by atoms with Crippen LogP contribution < -0.4 is 4.74 Å². The Morgan fingerprint density at radius 1 is 1.00 bits per heavy atom. The van der Waals surface area contributed by atoms with Crippen molar-refractivity contribution in [3.05, 3.63) is 65.9 Å². The fourth-order valence-corrected chi connectivity index (χ4v) is 1.90. The molecule has 0 aliphatic heterocycles. The van der Waals surface area contributed by atoms with Gasteiger partial charge in [0.1, 0.15) is 23.7 Å². The second-order valence-corrected chi connectivity index (χ2v) is 4.35. The Balaban J connectivity index is 1.74. The number of benzene rings is 2. The maximum absolute atomic E-state index is 5.69. The third-order valence-corrected chi connectivity index (χ3v) is 2.88. The summed E-state index contributed by atoms with van der Waals surface area (Å²) in [5.41, 5.74) is 2.13. The molecule has 90 valence electrons. The third-order valence-electron chi connectivity index (χ3n) is 2.88. The fraction of sp³-hybridized carbons (Fsp3) is 0.125. The molecule has 0 N–H and O–H groups in total. The molecular formula is C16H14O2. The minimum Gasteiger partial charge on any atom is -0.486 e. The van der Waals surface area contributed by atoms with Crippen molar-refractivity contribution in [1.82, 2.24) is 0 Å². The van der Waals surface area contributed by atoms with E-state index in [0.29, 0.717) is 6.61 Å². The van der Waals surface area contributed by atoms with Gasteiger partial charge in [-0.05, 0) is 31.2 Å². The van der Waals surface area contributed by atoms with Crippen molar-refractivity contribution in [3.8, 4) is 5.75 Å². The lowest BCUT2D eigenvalue weighted by atomic mass is 10.2. The summed E-state index contributed by atoms with van der Waals surface area (Å²) in [7, 11) is 0. The summed E-state index contributed by atoms with van der Waals surface area (Å²) in [5.74, 6) is 1.71. The van der Waals surface area contributed by atoms with E-state index in [-0.39, 0.29) is 0 Å². The summed E-state index contributed by atoms with van der Waals surface area (Å²) in [6.45, 7) is 2.51. The van der Waals surface area contributed by atoms with Gasteiger partial charge in [0.05, 0.1) is 0 Å². The van der Waals surface area contributed by atoms with Gasteiger partial charge in [-0.3, -0.25) is 0 Å². The Labute approximate surface area is 106 Å². The maximum atomic E-state index is 5.69. The van der Waals surface area contributed by atoms with Crippen LogP contribution in [0.4, 0.5) is 0 Å². The van der Waals surface area contributed by atoms with Crippen LogP contribution in [0.3, 0.4) is 0 Å². The quantitative estimate of drug-likeness (QED) is 0.678. The second kappa shape index (κ2) is 4.57. The highest BCUT2D eigenvalue weighted by Gasteiger charge is 2.03. The summed E-state index contributed by atoms with van der Waals surface area (Å²) in [5, 5.41) is 1.11. The summed E-state index contributed by atoms with van der Waals surface area (Å²) >= 11 is 0. The molecule has 0 saturated heterocycles. The van der Waals surface area contributed by atoms with Gasteiger partial charge in [-0.15, -0.1) is 0 Å². The number of hydrogen-bond donors (Lipinski definition) is 0. The molecule has 2 aromatic carbocycles. The van der Waals surface area contributed by atoms with E-state index in [1.54, 1.807) is 0 Å². The van der Waals surface area contributed by atoms with Crippen LogP contribution >= 0.6 is 0 Å². The number of hydrogen-bond acceptors (Lipinski definition) is 2. The third kappa shape index (κ3) is 2.23. The van der Waals surface area contributed by atoms with E-state index in [4.69, 9.17) is 9.15 Å². The van der Waals surface area contributed by atoms with Crippen LogP contribution in [-0.2, 0) is 6.61 Å². The van der Waals surface area contributed by atoms with Gasteiger partial charge >= 0.3 is 0 Å². The number of para-hydroxylation sites is 1. The van der Waals surface area contributed by atoms with Crippen molar-refractivity contribution in [2.45, 2.75) is 13.5 Å². The van der Waals surface area contributed by atoms with Gasteiger partial charge in [-0.2, -0.15) is 0 Å². The lowest BCUT2D eigenvalue weighted by molar-refractivity contribution is 0.274. The highest BCUT2D eigenvalue weighted by Crippen LogP contribution is 2.20. The number of fused-ring (bicyclic) bond motifs is 1. The molecule has 2 nitrogen and oxygen atoms in total. The molecule has 0 aliphatic rings. The molecular weight excluding hydrogens is 224 g/mol. The van der Waals surface area contributed by atoms with E-state index >= 15 is 0 Å². The van der Waals surface area contributed by atoms with Gasteiger partial charge in [-0.1, -0.05) is 35.9 Å². The van der Waals surface area contributed by atoms with Crippen molar-refractivity contribution in [2.75, 3.05) is 0 Å². The van der Waals surface area contributed by atoms with Crippen LogP contribution in [0.25, 0.3) is 11.0 Å². The van der Waals surface area contributed by atoms with Gasteiger partial charge in [0.2, 0.25) is 0 Å². The molecule has 0 saturated carbocycles. The molecule has 0 atom stereocenters. The Morgan fingerprint density at radius 3 is 2.56 bits per heavy atom. The van der Waals surface area contributed by atoms with E-state index in [9.17, 15) is 0 Å². The summed E-state index contributed by atoms with van der Waals surface area (Å²) in [4.78, 5) is 0. The zero-order chi connectivity index (χ0) is 12.4. The van der Waals surface area contributed by atoms with Gasteiger partial charge in [0, 0.05) is 5.39 Å². The minimum atomic E-state index is 0.456. The monoisotopic (exact) mass is 238 g/mol. The standard InChI is InChI=1S/C16H14O2/c1-12-6-8-14(9-7-12)17-11-15-10-13-4-2-3-5-16(13)18-15/h2-10H,11H2,1H3. The predicted octanol–water partition coefficient (Wildman–Crippen LogP) is 4.32. The summed E-state index contributed by atoms with van der Waals surface area (Å²) < 4.78 is 11.4. The van der Waals surface area contributed by atoms with E-state index in [0.717, 1.165) is 22.5 Å². The summed E-state index contributed by atoms with van der Waals surface area (Å²) in [6.07, 6.45) is 0. The Hall–Kier alpha value is -2.22. The average molecular weight is 238 g/mol. The molecule has 0 spiro atoms. The summed E-state index contributed by atoms with van der Waals surface area (Å²) in [6, 6.07) is 18.0. The van der Waals surface area contributed by atoms with Gasteiger partial charge in [0.15, 0.2) is 0 Å². The molecule has 0 bridgehead atoms. The van der Waals surface area contributed by atoms with Crippen LogP contribution in [-0.4, -0.2) is 0 Å². The Kier molecular flexibility index (Phi) is 2.77. The molecule has 18 heavy (non-hydrogen) atoms. The van der Waals surface area contributed by atoms with Crippen LogP contribution in [0.5, 0.6) is 5.75 Å². The lowest BCUT2D eigenvalue weighted by Crippen LogP contribution is -1.93. The average Bonchev–Trinajstić information content (AvgIpc) is 2.81. The second-order valence-electron chi connectivity index (χ2n) is 4.35. The van der Waals surface area contributed by atoms with E-state index in [1.165, 1.54) is 5.56 Å². The molecule has 0 radical (unpaired) electrons. The number of ether oxygens (including phenoxy) is 1. The first-order chi connectivity index (χ1) is 8.81. The zero-order valence-electron chi connectivity index (χ0n) is 10.2. The number of rotatable bonds is 3. The normalized spacial score (nSPS) is 10.7. The van der Waals surface area contributed by atoms with Gasteiger partial charge in [-0.25, -0.2) is 0 Å². The number of furan rings is 1. The smallest absolute Gasteiger partial charge is 0.146 e. The molecule has 0 amide bonds. The first-order valence-corrected chi connectivity index (χ1v) is 5.98. The highest BCUT2D eigenvalue weighted by molar-refractivity contribution is 5.77. The first kappa shape index (κ1) is 10.9. The first-order valence-electron chi connectivity index (χ1n) is 5.98. The van der Waals surface area contributed by atoms with Crippen LogP contribution in [0.15, 0.2) is 59.0 Å². The maximum Gasteiger partial charge on any atom is 0.146 e. The molecule has 0 fully saturated rings. The molecule has 1 heterocycles. The van der Waals surface area contributed by atoms with Crippen molar-refractivity contribution >= 4 is 11.0 Å². The van der Waals surface area contributed by atoms with Crippen LogP contribution in [0.2, 0.25) is 0 Å². The van der Waals surface area contributed by atoms with Crippen molar-refractivity contribution in [2.24, 2.45) is 0 Å². The lowest BCUT2D eigenvalue weighted by Gasteiger charge is -2.03. The Bertz CT molecular complexity index is 617. The molecule has 2 heteroatoms. The number of aryl methyl sites for hydroxylation is 1. The Morgan fingerprint density at radius 2 is 1.78 bits per heavy atom. The SMILES string of the molecule is Cc1ccc(OCc2cc3ccccc3o2)cc1. The van der Waals surface area contributed by atoms with Crippen molar-refractivity contribution < 1.29 is 9.15 Å². The van der Waals surface area contributed by atoms with Crippen LogP contribution in [0.1, 0.15) is 11.3 Å². The van der Waals surface area contributed by atoms with E-state index in [1.807, 2.05) is 54.6 Å². The zero-order valence-corrected chi connectivity index (χ0v) is 10.2. The molecule has 3 rings (SSSR count). The van der Waals surface area contributed by atoms with Crippen molar-refractivity contribution in [3.63, 3.8) is 0 Å². The molecule has 0 aliphatic carbocycles. The molecule has 0 unspecified atom stereocenters. The largest absolute Gasteiger partial charge is 0.486 e. The van der Waals surface area contributed by atoms with E-state index in [2.05, 4.69) is 6.92 Å². The molecule has 3 aromatic rings. The van der Waals surface area contributed by atoms with Gasteiger partial charge < -0.3 is 9.15 Å². The van der Waals surface area contributed by atoms with Gasteiger partial charge in [0.25, 0.3) is 0 Å². The minimum absolute atomic E-state index is 0.456. The van der Waals surface area contributed by atoms with Crippen molar-refractivity contribution in [1.29, 1.82) is 0 Å². The van der Waals surface area contributed by atoms with Crippen LogP contribution in [0, 0.1) is 6.92 Å². The fourth-order valence-electron chi connectivity index (χ4n) is 1.90. The topological polar surface area (TPSA) is 22.4 Å². The predicted molar refractivity (Wildman–Crippen MR) is 71.7 cm³/mol. The highest BCUT2D eigenvalue weighted by atomic mass is 16.5. The molecule has 1 aromatic heterocycles.